The lowest BCUT2D eigenvalue weighted by Crippen LogP contribution is -2.30. The summed E-state index contributed by atoms with van der Waals surface area (Å²) in [7, 11) is 1.76. The largest absolute Gasteiger partial charge is 0.392 e. The van der Waals surface area contributed by atoms with Gasteiger partial charge in [-0.3, -0.25) is 14.2 Å². The summed E-state index contributed by atoms with van der Waals surface area (Å²) in [6, 6.07) is 5.29. The number of benzene rings is 1. The first kappa shape index (κ1) is 27.2. The van der Waals surface area contributed by atoms with Gasteiger partial charge in [-0.05, 0) is 64.4 Å². The highest BCUT2D eigenvalue weighted by Gasteiger charge is 2.22. The molecule has 1 aliphatic heterocycles. The predicted octanol–water partition coefficient (Wildman–Crippen LogP) is 3.79. The molecule has 1 N–H and O–H groups in total. The van der Waals surface area contributed by atoms with E-state index in [1.165, 1.54) is 12.8 Å². The molecule has 1 atom stereocenters. The van der Waals surface area contributed by atoms with Crippen LogP contribution in [-0.2, 0) is 19.6 Å². The molecule has 0 radical (unpaired) electrons. The molecule has 1 aliphatic rings. The number of hydrogen-bond donors (Lipinski definition) is 1. The van der Waals surface area contributed by atoms with E-state index >= 15 is 0 Å². The minimum absolute atomic E-state index is 0.230. The second kappa shape index (κ2) is 11.8. The summed E-state index contributed by atoms with van der Waals surface area (Å²) in [5.41, 5.74) is 3.64. The van der Waals surface area contributed by atoms with Crippen LogP contribution >= 0.6 is 11.6 Å². The quantitative estimate of drug-likeness (QED) is 0.320. The van der Waals surface area contributed by atoms with Gasteiger partial charge in [-0.2, -0.15) is 10.2 Å². The maximum absolute atomic E-state index is 13.7. The number of halogens is 1. The summed E-state index contributed by atoms with van der Waals surface area (Å²) >= 11 is 6.29. The third kappa shape index (κ3) is 6.13. The van der Waals surface area contributed by atoms with Crippen LogP contribution in [0, 0.1) is 6.92 Å². The van der Waals surface area contributed by atoms with Crippen LogP contribution in [0.5, 0.6) is 0 Å². The number of nitrogens with zero attached hydrogens (tertiary/aromatic N) is 8. The highest BCUT2D eigenvalue weighted by molar-refractivity contribution is 6.31. The topological polar surface area (TPSA) is 105 Å². The highest BCUT2D eigenvalue weighted by atomic mass is 35.5. The maximum atomic E-state index is 13.7. The lowest BCUT2D eigenvalue weighted by molar-refractivity contribution is 0.0781. The molecule has 1 aromatic carbocycles. The molecule has 0 bridgehead atoms. The van der Waals surface area contributed by atoms with Crippen molar-refractivity contribution in [2.75, 3.05) is 26.7 Å². The number of fused-ring (bicyclic) bond motifs is 1. The fourth-order valence-electron chi connectivity index (χ4n) is 5.10. The number of aliphatic hydroxyl groups excluding tert-OH is 1. The average Bonchev–Trinajstić information content (AvgIpc) is 3.69. The minimum Gasteiger partial charge on any atom is -0.392 e. The molecule has 11 heteroatoms. The molecule has 1 fully saturated rings. The number of likely N-dealkylation sites (tertiary alicyclic amines) is 1. The molecule has 10 nitrogen and oxygen atoms in total. The summed E-state index contributed by atoms with van der Waals surface area (Å²) in [5, 5.41) is 20.4. The number of β-amino-alcohol motifs (C(OH)–C–C–N with tert-alkyl or cyclic N) is 1. The molecule has 206 valence electrons. The molecular formula is C28H35ClN8O2. The number of amides is 1. The Morgan fingerprint density at radius 1 is 1.18 bits per heavy atom. The third-order valence-corrected chi connectivity index (χ3v) is 7.60. The van der Waals surface area contributed by atoms with Crippen LogP contribution in [0.1, 0.15) is 47.9 Å². The Hall–Kier alpha value is -3.34. The van der Waals surface area contributed by atoms with E-state index in [-0.39, 0.29) is 11.6 Å². The van der Waals surface area contributed by atoms with Gasteiger partial charge in [0.15, 0.2) is 5.82 Å². The van der Waals surface area contributed by atoms with Crippen molar-refractivity contribution in [3.05, 3.63) is 58.8 Å². The van der Waals surface area contributed by atoms with Gasteiger partial charge < -0.3 is 14.9 Å². The van der Waals surface area contributed by atoms with E-state index in [4.69, 9.17) is 21.6 Å². The summed E-state index contributed by atoms with van der Waals surface area (Å²) in [6.07, 6.45) is 7.99. The van der Waals surface area contributed by atoms with Gasteiger partial charge in [0.2, 0.25) is 0 Å². The van der Waals surface area contributed by atoms with Crippen LogP contribution in [0.15, 0.2) is 36.8 Å². The molecule has 39 heavy (non-hydrogen) atoms. The van der Waals surface area contributed by atoms with Gasteiger partial charge >= 0.3 is 0 Å². The lowest BCUT2D eigenvalue weighted by Gasteiger charge is -2.19. The van der Waals surface area contributed by atoms with E-state index in [9.17, 15) is 9.90 Å². The van der Waals surface area contributed by atoms with Crippen molar-refractivity contribution in [3.63, 3.8) is 0 Å². The first-order valence-corrected chi connectivity index (χ1v) is 13.9. The Kier molecular flexibility index (Phi) is 8.25. The summed E-state index contributed by atoms with van der Waals surface area (Å²) in [5.74, 6) is 0.187. The molecule has 0 aliphatic carbocycles. The van der Waals surface area contributed by atoms with Crippen LogP contribution in [-0.4, -0.2) is 83.1 Å². The van der Waals surface area contributed by atoms with Crippen LogP contribution in [0.3, 0.4) is 0 Å². The first-order chi connectivity index (χ1) is 18.8. The second-order valence-electron chi connectivity index (χ2n) is 10.2. The average molecular weight is 551 g/mol. The van der Waals surface area contributed by atoms with Crippen molar-refractivity contribution in [2.24, 2.45) is 0 Å². The SMILES string of the molecule is CCn1ncc(CN(C)C(=O)c2nc(-c3cnn(CCC(O)CN4CCCC4)c3)nc3ccc(Cl)cc23)c1C. The van der Waals surface area contributed by atoms with Crippen molar-refractivity contribution in [1.82, 2.24) is 39.3 Å². The number of aryl methyl sites for hydroxylation is 2. The smallest absolute Gasteiger partial charge is 0.273 e. The van der Waals surface area contributed by atoms with E-state index in [1.54, 1.807) is 47.2 Å². The summed E-state index contributed by atoms with van der Waals surface area (Å²) in [4.78, 5) is 27.0. The van der Waals surface area contributed by atoms with Crippen molar-refractivity contribution in [1.29, 1.82) is 0 Å². The van der Waals surface area contributed by atoms with Gasteiger partial charge in [0.05, 0.1) is 29.6 Å². The second-order valence-corrected chi connectivity index (χ2v) is 10.7. The predicted molar refractivity (Wildman–Crippen MR) is 151 cm³/mol. The normalized spacial score (nSPS) is 14.8. The summed E-state index contributed by atoms with van der Waals surface area (Å²) < 4.78 is 3.70. The van der Waals surface area contributed by atoms with Crippen LogP contribution in [0.4, 0.5) is 0 Å². The van der Waals surface area contributed by atoms with Crippen molar-refractivity contribution in [2.45, 2.75) is 58.8 Å². The number of hydrogen-bond acceptors (Lipinski definition) is 7. The highest BCUT2D eigenvalue weighted by Crippen LogP contribution is 2.26. The maximum Gasteiger partial charge on any atom is 0.273 e. The zero-order chi connectivity index (χ0) is 27.5. The molecule has 0 saturated carbocycles. The van der Waals surface area contributed by atoms with Gasteiger partial charge in [0.1, 0.15) is 5.69 Å². The molecular weight excluding hydrogens is 516 g/mol. The van der Waals surface area contributed by atoms with E-state index in [1.807, 2.05) is 24.7 Å². The fraction of sp³-hybridized carbons (Fsp3) is 0.464. The third-order valence-electron chi connectivity index (χ3n) is 7.37. The fourth-order valence-corrected chi connectivity index (χ4v) is 5.27. The number of aliphatic hydroxyl groups is 1. The molecule has 0 spiro atoms. The van der Waals surface area contributed by atoms with E-state index in [2.05, 4.69) is 15.1 Å². The number of aromatic nitrogens is 6. The Morgan fingerprint density at radius 2 is 1.97 bits per heavy atom. The van der Waals surface area contributed by atoms with Crippen molar-refractivity contribution >= 4 is 28.4 Å². The molecule has 1 saturated heterocycles. The van der Waals surface area contributed by atoms with E-state index in [0.29, 0.717) is 53.4 Å². The molecule has 1 amide bonds. The van der Waals surface area contributed by atoms with Gasteiger partial charge in [-0.25, -0.2) is 9.97 Å². The number of carbonyl (C=O) groups excluding carboxylic acids is 1. The number of carbonyl (C=O) groups is 1. The van der Waals surface area contributed by atoms with Gasteiger partial charge in [-0.1, -0.05) is 11.6 Å². The zero-order valence-corrected chi connectivity index (χ0v) is 23.5. The Morgan fingerprint density at radius 3 is 2.72 bits per heavy atom. The molecule has 4 heterocycles. The van der Waals surface area contributed by atoms with Crippen molar-refractivity contribution < 1.29 is 9.90 Å². The first-order valence-electron chi connectivity index (χ1n) is 13.5. The van der Waals surface area contributed by atoms with Crippen molar-refractivity contribution in [3.8, 4) is 11.4 Å². The monoisotopic (exact) mass is 550 g/mol. The van der Waals surface area contributed by atoms with Crippen LogP contribution in [0.2, 0.25) is 5.02 Å². The summed E-state index contributed by atoms with van der Waals surface area (Å²) in [6.45, 7) is 8.62. The van der Waals surface area contributed by atoms with E-state index in [0.717, 1.165) is 30.9 Å². The Bertz CT molecular complexity index is 1460. The van der Waals surface area contributed by atoms with Crippen LogP contribution in [0.25, 0.3) is 22.3 Å². The van der Waals surface area contributed by atoms with Crippen LogP contribution < -0.4 is 0 Å². The molecule has 4 aromatic rings. The van der Waals surface area contributed by atoms with Gasteiger partial charge in [-0.15, -0.1) is 0 Å². The zero-order valence-electron chi connectivity index (χ0n) is 22.7. The Labute approximate surface area is 233 Å². The van der Waals surface area contributed by atoms with Gasteiger partial charge in [0.25, 0.3) is 5.91 Å². The van der Waals surface area contributed by atoms with E-state index < -0.39 is 6.10 Å². The molecule has 1 unspecified atom stereocenters. The molecule has 5 rings (SSSR count). The number of rotatable bonds is 10. The Balaban J connectivity index is 1.37. The molecule has 3 aromatic heterocycles. The lowest BCUT2D eigenvalue weighted by atomic mass is 10.1. The minimum atomic E-state index is -0.398. The van der Waals surface area contributed by atoms with Gasteiger partial charge in [0, 0.05) is 61.1 Å². The standard InChI is InChI=1S/C28H35ClN8O2/c1-4-37-19(2)20(14-31-37)16-34(3)28(39)26-24-13-22(29)7-8-25(24)32-27(33-26)21-15-30-36(17-21)12-9-23(38)18-35-10-5-6-11-35/h7-8,13-15,17,23,38H,4-6,9-12,16,18H2,1-3H3.